The zero-order valence-corrected chi connectivity index (χ0v) is 13.2. The molecule has 4 rings (SSSR count). The van der Waals surface area contributed by atoms with Gasteiger partial charge in [0.1, 0.15) is 5.75 Å². The number of amides is 2. The number of carbonyl (C=O) groups is 2. The molecule has 1 aliphatic heterocycles. The van der Waals surface area contributed by atoms with E-state index in [0.29, 0.717) is 24.1 Å². The Labute approximate surface area is 138 Å². The average Bonchev–Trinajstić information content (AvgIpc) is 3.13. The second-order valence-electron chi connectivity index (χ2n) is 5.78. The quantitative estimate of drug-likeness (QED) is 0.752. The van der Waals surface area contributed by atoms with Crippen molar-refractivity contribution in [2.45, 2.75) is 6.42 Å². The van der Waals surface area contributed by atoms with Crippen molar-refractivity contribution in [1.29, 1.82) is 0 Å². The van der Waals surface area contributed by atoms with Gasteiger partial charge in [-0.15, -0.1) is 0 Å². The Morgan fingerprint density at radius 1 is 1.04 bits per heavy atom. The van der Waals surface area contributed by atoms with Gasteiger partial charge in [-0.3, -0.25) is 14.5 Å². The molecule has 120 valence electrons. The van der Waals surface area contributed by atoms with Gasteiger partial charge in [0.25, 0.3) is 11.8 Å². The smallest absolute Gasteiger partial charge is 0.261 e. The number of rotatable bonds is 4. The largest absolute Gasteiger partial charge is 0.497 e. The summed E-state index contributed by atoms with van der Waals surface area (Å²) in [7, 11) is 1.63. The first kappa shape index (κ1) is 14.5. The molecule has 24 heavy (non-hydrogen) atoms. The van der Waals surface area contributed by atoms with Crippen LogP contribution in [0.3, 0.4) is 0 Å². The molecule has 0 spiro atoms. The molecular weight excluding hydrogens is 304 g/mol. The van der Waals surface area contributed by atoms with Crippen LogP contribution in [-0.2, 0) is 6.42 Å². The Morgan fingerprint density at radius 2 is 1.75 bits per heavy atom. The van der Waals surface area contributed by atoms with Crippen molar-refractivity contribution in [2.75, 3.05) is 13.7 Å². The lowest BCUT2D eigenvalue weighted by Crippen LogP contribution is -2.31. The highest BCUT2D eigenvalue weighted by atomic mass is 16.5. The second kappa shape index (κ2) is 5.53. The second-order valence-corrected chi connectivity index (χ2v) is 5.78. The summed E-state index contributed by atoms with van der Waals surface area (Å²) in [5.41, 5.74) is 3.04. The fraction of sp³-hybridized carbons (Fsp3) is 0.158. The Morgan fingerprint density at radius 3 is 2.42 bits per heavy atom. The highest BCUT2D eigenvalue weighted by molar-refractivity contribution is 6.21. The summed E-state index contributed by atoms with van der Waals surface area (Å²) >= 11 is 0. The lowest BCUT2D eigenvalue weighted by atomic mass is 10.1. The summed E-state index contributed by atoms with van der Waals surface area (Å²) in [6.07, 6.45) is 2.53. The van der Waals surface area contributed by atoms with Gasteiger partial charge >= 0.3 is 0 Å². The number of H-pyrrole nitrogens is 1. The lowest BCUT2D eigenvalue weighted by molar-refractivity contribution is 0.0656. The number of fused-ring (bicyclic) bond motifs is 2. The summed E-state index contributed by atoms with van der Waals surface area (Å²) in [4.78, 5) is 29.3. The van der Waals surface area contributed by atoms with Gasteiger partial charge in [0.05, 0.1) is 18.2 Å². The fourth-order valence-corrected chi connectivity index (χ4v) is 3.17. The molecule has 5 heteroatoms. The Balaban J connectivity index is 1.56. The van der Waals surface area contributed by atoms with E-state index in [-0.39, 0.29) is 11.8 Å². The summed E-state index contributed by atoms with van der Waals surface area (Å²) in [5, 5.41) is 1.08. The van der Waals surface area contributed by atoms with Crippen LogP contribution >= 0.6 is 0 Å². The molecule has 1 N–H and O–H groups in total. The zero-order chi connectivity index (χ0) is 16.7. The molecule has 3 aromatic rings. The van der Waals surface area contributed by atoms with Gasteiger partial charge in [0.15, 0.2) is 0 Å². The third-order valence-electron chi connectivity index (χ3n) is 4.46. The maximum Gasteiger partial charge on any atom is 0.261 e. The van der Waals surface area contributed by atoms with E-state index in [4.69, 9.17) is 4.74 Å². The van der Waals surface area contributed by atoms with Crippen LogP contribution in [0.25, 0.3) is 10.9 Å². The summed E-state index contributed by atoms with van der Waals surface area (Å²) in [5.74, 6) is 0.366. The van der Waals surface area contributed by atoms with E-state index in [1.165, 1.54) is 4.90 Å². The van der Waals surface area contributed by atoms with E-state index in [1.807, 2.05) is 24.4 Å². The minimum atomic E-state index is -0.211. The van der Waals surface area contributed by atoms with Crippen LogP contribution < -0.4 is 4.74 Å². The zero-order valence-electron chi connectivity index (χ0n) is 13.2. The van der Waals surface area contributed by atoms with Crippen LogP contribution in [0.4, 0.5) is 0 Å². The number of nitrogens with zero attached hydrogens (tertiary/aromatic N) is 1. The molecule has 0 fully saturated rings. The maximum absolute atomic E-state index is 12.4. The predicted octanol–water partition coefficient (Wildman–Crippen LogP) is 3.02. The number of nitrogens with one attached hydrogen (secondary N) is 1. The fourth-order valence-electron chi connectivity index (χ4n) is 3.17. The molecule has 0 aliphatic carbocycles. The molecule has 0 saturated carbocycles. The standard InChI is InChI=1S/C19H16N2O3/c1-24-13-6-7-14-12(11-20-17(14)10-13)8-9-21-18(22)15-4-2-3-5-16(15)19(21)23/h2-7,10-11,20H,8-9H2,1H3. The SMILES string of the molecule is COc1ccc2c(CCN3C(=O)c4ccccc4C3=O)c[nH]c2c1. The van der Waals surface area contributed by atoms with Crippen LogP contribution in [0.2, 0.25) is 0 Å². The number of benzene rings is 2. The first-order chi connectivity index (χ1) is 11.7. The van der Waals surface area contributed by atoms with Gasteiger partial charge in [0.2, 0.25) is 0 Å². The first-order valence-corrected chi connectivity index (χ1v) is 7.78. The molecule has 0 saturated heterocycles. The van der Waals surface area contributed by atoms with E-state index in [9.17, 15) is 9.59 Å². The van der Waals surface area contributed by atoms with E-state index >= 15 is 0 Å². The van der Waals surface area contributed by atoms with Crippen molar-refractivity contribution in [3.8, 4) is 5.75 Å². The number of aromatic nitrogens is 1. The third kappa shape index (κ3) is 2.17. The predicted molar refractivity (Wildman–Crippen MR) is 90.4 cm³/mol. The first-order valence-electron chi connectivity index (χ1n) is 7.78. The van der Waals surface area contributed by atoms with E-state index in [0.717, 1.165) is 22.2 Å². The molecule has 2 aromatic carbocycles. The molecule has 1 aliphatic rings. The van der Waals surface area contributed by atoms with Gasteiger partial charge in [0, 0.05) is 29.7 Å². The molecule has 0 unspecified atom stereocenters. The van der Waals surface area contributed by atoms with Crippen molar-refractivity contribution >= 4 is 22.7 Å². The number of aromatic amines is 1. The Bertz CT molecular complexity index is 923. The Kier molecular flexibility index (Phi) is 3.34. The third-order valence-corrected chi connectivity index (χ3v) is 4.46. The van der Waals surface area contributed by atoms with Crippen molar-refractivity contribution in [3.05, 3.63) is 65.4 Å². The average molecular weight is 320 g/mol. The number of imide groups is 1. The molecule has 0 radical (unpaired) electrons. The van der Waals surface area contributed by atoms with Crippen LogP contribution in [0.1, 0.15) is 26.3 Å². The minimum absolute atomic E-state index is 0.211. The summed E-state index contributed by atoms with van der Waals surface area (Å²) in [6.45, 7) is 0.366. The topological polar surface area (TPSA) is 62.4 Å². The van der Waals surface area contributed by atoms with Crippen LogP contribution in [-0.4, -0.2) is 35.4 Å². The van der Waals surface area contributed by atoms with E-state index < -0.39 is 0 Å². The lowest BCUT2D eigenvalue weighted by Gasteiger charge is -2.13. The van der Waals surface area contributed by atoms with E-state index in [1.54, 1.807) is 31.4 Å². The number of carbonyl (C=O) groups excluding carboxylic acids is 2. The van der Waals surface area contributed by atoms with Gasteiger partial charge in [-0.1, -0.05) is 12.1 Å². The normalized spacial score (nSPS) is 13.6. The molecule has 5 nitrogen and oxygen atoms in total. The van der Waals surface area contributed by atoms with Crippen molar-refractivity contribution in [1.82, 2.24) is 9.88 Å². The summed E-state index contributed by atoms with van der Waals surface area (Å²) < 4.78 is 5.22. The van der Waals surface area contributed by atoms with Gasteiger partial charge in [-0.05, 0) is 36.2 Å². The maximum atomic E-state index is 12.4. The molecule has 1 aromatic heterocycles. The summed E-state index contributed by atoms with van der Waals surface area (Å²) in [6, 6.07) is 12.8. The molecule has 0 atom stereocenters. The van der Waals surface area contributed by atoms with Crippen LogP contribution in [0.15, 0.2) is 48.7 Å². The minimum Gasteiger partial charge on any atom is -0.497 e. The van der Waals surface area contributed by atoms with Gasteiger partial charge in [-0.25, -0.2) is 0 Å². The molecule has 2 heterocycles. The highest BCUT2D eigenvalue weighted by Crippen LogP contribution is 2.26. The van der Waals surface area contributed by atoms with Gasteiger partial charge < -0.3 is 9.72 Å². The number of hydrogen-bond acceptors (Lipinski definition) is 3. The number of methoxy groups -OCH3 is 1. The van der Waals surface area contributed by atoms with Gasteiger partial charge in [-0.2, -0.15) is 0 Å². The number of hydrogen-bond donors (Lipinski definition) is 1. The monoisotopic (exact) mass is 320 g/mol. The van der Waals surface area contributed by atoms with Crippen molar-refractivity contribution < 1.29 is 14.3 Å². The van der Waals surface area contributed by atoms with Crippen LogP contribution in [0.5, 0.6) is 5.75 Å². The Hall–Kier alpha value is -3.08. The molecule has 2 amide bonds. The van der Waals surface area contributed by atoms with E-state index in [2.05, 4.69) is 4.98 Å². The van der Waals surface area contributed by atoms with Crippen LogP contribution in [0, 0.1) is 0 Å². The highest BCUT2D eigenvalue weighted by Gasteiger charge is 2.34. The molecule has 0 bridgehead atoms. The molecular formula is C19H16N2O3. The van der Waals surface area contributed by atoms with Crippen molar-refractivity contribution in [3.63, 3.8) is 0 Å². The van der Waals surface area contributed by atoms with Crippen molar-refractivity contribution in [2.24, 2.45) is 0 Å². The number of ether oxygens (including phenoxy) is 1.